The summed E-state index contributed by atoms with van der Waals surface area (Å²) in [5.74, 6) is -1.12. The van der Waals surface area contributed by atoms with E-state index in [0.29, 0.717) is 6.54 Å². The molecule has 0 amide bonds. The van der Waals surface area contributed by atoms with E-state index in [1.807, 2.05) is 0 Å². The minimum atomic E-state index is -1.02. The highest BCUT2D eigenvalue weighted by atomic mass is 16.4. The maximum absolute atomic E-state index is 10.4. The van der Waals surface area contributed by atoms with Crippen molar-refractivity contribution >= 4 is 5.97 Å². The Morgan fingerprint density at radius 3 is 2.62 bits per heavy atom. The van der Waals surface area contributed by atoms with Crippen LogP contribution in [-0.2, 0) is 4.79 Å². The fraction of sp³-hybridized carbons (Fsp3) is 0.750. The van der Waals surface area contributed by atoms with E-state index in [1.165, 1.54) is 0 Å². The van der Waals surface area contributed by atoms with Gasteiger partial charge in [-0.05, 0) is 14.0 Å². The van der Waals surface area contributed by atoms with Crippen molar-refractivity contribution in [2.45, 2.75) is 13.0 Å². The van der Waals surface area contributed by atoms with Crippen LogP contribution in [-0.4, -0.2) is 42.2 Å². The molecule has 0 aliphatic carbocycles. The van der Waals surface area contributed by atoms with Gasteiger partial charge in [0.25, 0.3) is 0 Å². The highest BCUT2D eigenvalue weighted by molar-refractivity contribution is 5.73. The number of carboxylic acids is 1. The Balaban J connectivity index is 3.81. The van der Waals surface area contributed by atoms with E-state index >= 15 is 0 Å². The molecule has 74 valence electrons. The van der Waals surface area contributed by atoms with Crippen molar-refractivity contribution in [3.8, 4) is 6.07 Å². The van der Waals surface area contributed by atoms with E-state index < -0.39 is 12.0 Å². The van der Waals surface area contributed by atoms with Crippen LogP contribution in [0.4, 0.5) is 0 Å². The molecule has 0 saturated carbocycles. The quantitative estimate of drug-likeness (QED) is 0.602. The van der Waals surface area contributed by atoms with E-state index in [0.717, 1.165) is 0 Å². The first-order chi connectivity index (χ1) is 5.97. The van der Waals surface area contributed by atoms with Gasteiger partial charge in [-0.15, -0.1) is 0 Å². The van der Waals surface area contributed by atoms with Crippen molar-refractivity contribution < 1.29 is 9.90 Å². The Hall–Kier alpha value is -1.12. The van der Waals surface area contributed by atoms with Crippen molar-refractivity contribution in [2.75, 3.05) is 20.1 Å². The van der Waals surface area contributed by atoms with E-state index in [-0.39, 0.29) is 12.5 Å². The van der Waals surface area contributed by atoms with Crippen LogP contribution in [0, 0.1) is 17.2 Å². The van der Waals surface area contributed by atoms with Gasteiger partial charge in [-0.3, -0.25) is 4.79 Å². The third-order valence-corrected chi connectivity index (χ3v) is 1.63. The molecule has 13 heavy (non-hydrogen) atoms. The minimum Gasteiger partial charge on any atom is -0.480 e. The zero-order chi connectivity index (χ0) is 10.4. The van der Waals surface area contributed by atoms with Crippen molar-refractivity contribution in [1.29, 1.82) is 5.26 Å². The molecule has 0 bridgehead atoms. The predicted octanol–water partition coefficient (Wildman–Crippen LogP) is -0.510. The number of rotatable bonds is 5. The Labute approximate surface area is 77.7 Å². The standard InChI is InChI=1S/C8H15N3O2/c1-6(3-9)4-11(2)5-7(10)8(12)13/h6-7H,4-5,10H2,1-2H3,(H,12,13). The van der Waals surface area contributed by atoms with E-state index in [2.05, 4.69) is 6.07 Å². The number of nitrogens with two attached hydrogens (primary N) is 1. The summed E-state index contributed by atoms with van der Waals surface area (Å²) in [7, 11) is 1.75. The zero-order valence-electron chi connectivity index (χ0n) is 7.90. The number of nitrogens with zero attached hydrogens (tertiary/aromatic N) is 2. The molecule has 0 aliphatic rings. The highest BCUT2D eigenvalue weighted by Gasteiger charge is 2.15. The van der Waals surface area contributed by atoms with Gasteiger partial charge in [-0.25, -0.2) is 0 Å². The average Bonchev–Trinajstić information content (AvgIpc) is 2.03. The smallest absolute Gasteiger partial charge is 0.321 e. The maximum atomic E-state index is 10.4. The molecule has 0 saturated heterocycles. The molecule has 0 aromatic carbocycles. The normalized spacial score (nSPS) is 15.0. The molecule has 0 aliphatic heterocycles. The van der Waals surface area contributed by atoms with Crippen molar-refractivity contribution in [1.82, 2.24) is 4.90 Å². The van der Waals surface area contributed by atoms with Crippen LogP contribution in [0.3, 0.4) is 0 Å². The molecular weight excluding hydrogens is 170 g/mol. The lowest BCUT2D eigenvalue weighted by Crippen LogP contribution is -2.42. The molecule has 0 rings (SSSR count). The molecular formula is C8H15N3O2. The maximum Gasteiger partial charge on any atom is 0.321 e. The number of nitriles is 1. The van der Waals surface area contributed by atoms with E-state index in [9.17, 15) is 4.79 Å². The fourth-order valence-corrected chi connectivity index (χ4v) is 0.997. The van der Waals surface area contributed by atoms with Gasteiger partial charge in [0.05, 0.1) is 12.0 Å². The first kappa shape index (κ1) is 11.9. The van der Waals surface area contributed by atoms with Crippen LogP contribution in [0.5, 0.6) is 0 Å². The predicted molar refractivity (Wildman–Crippen MR) is 47.9 cm³/mol. The Morgan fingerprint density at radius 1 is 1.69 bits per heavy atom. The van der Waals surface area contributed by atoms with Gasteiger partial charge >= 0.3 is 5.97 Å². The summed E-state index contributed by atoms with van der Waals surface area (Å²) in [5.41, 5.74) is 5.31. The summed E-state index contributed by atoms with van der Waals surface area (Å²) in [4.78, 5) is 12.1. The van der Waals surface area contributed by atoms with Gasteiger partial charge in [0.2, 0.25) is 0 Å². The van der Waals surface area contributed by atoms with Crippen LogP contribution >= 0.6 is 0 Å². The second-order valence-corrected chi connectivity index (χ2v) is 3.20. The molecule has 0 heterocycles. The van der Waals surface area contributed by atoms with Gasteiger partial charge in [0, 0.05) is 13.1 Å². The number of hydrogen-bond acceptors (Lipinski definition) is 4. The average molecular weight is 185 g/mol. The molecule has 3 N–H and O–H groups in total. The molecule has 5 nitrogen and oxygen atoms in total. The van der Waals surface area contributed by atoms with Gasteiger partial charge in [0.15, 0.2) is 0 Å². The lowest BCUT2D eigenvalue weighted by molar-refractivity contribution is -0.138. The summed E-state index contributed by atoms with van der Waals surface area (Å²) < 4.78 is 0. The number of carboxylic acid groups (broad SMARTS) is 1. The zero-order valence-corrected chi connectivity index (χ0v) is 7.90. The van der Waals surface area contributed by atoms with Crippen molar-refractivity contribution in [3.05, 3.63) is 0 Å². The van der Waals surface area contributed by atoms with Crippen LogP contribution in [0.25, 0.3) is 0 Å². The third-order valence-electron chi connectivity index (χ3n) is 1.63. The first-order valence-electron chi connectivity index (χ1n) is 4.04. The second-order valence-electron chi connectivity index (χ2n) is 3.20. The largest absolute Gasteiger partial charge is 0.480 e. The van der Waals surface area contributed by atoms with Crippen molar-refractivity contribution in [2.24, 2.45) is 11.7 Å². The van der Waals surface area contributed by atoms with E-state index in [1.54, 1.807) is 18.9 Å². The van der Waals surface area contributed by atoms with Gasteiger partial charge in [-0.1, -0.05) is 0 Å². The summed E-state index contributed by atoms with van der Waals surface area (Å²) in [6, 6.07) is 1.19. The first-order valence-corrected chi connectivity index (χ1v) is 4.04. The van der Waals surface area contributed by atoms with Crippen LogP contribution in [0.15, 0.2) is 0 Å². The lowest BCUT2D eigenvalue weighted by Gasteiger charge is -2.19. The monoisotopic (exact) mass is 185 g/mol. The molecule has 0 spiro atoms. The molecule has 2 unspecified atom stereocenters. The van der Waals surface area contributed by atoms with Crippen LogP contribution in [0.1, 0.15) is 6.92 Å². The third kappa shape index (κ3) is 5.17. The SMILES string of the molecule is CC(C#N)CN(C)CC(N)C(=O)O. The van der Waals surface area contributed by atoms with Gasteiger partial charge in [0.1, 0.15) is 6.04 Å². The molecule has 0 aromatic heterocycles. The molecule has 0 radical (unpaired) electrons. The number of likely N-dealkylation sites (N-methyl/N-ethyl adjacent to an activating group) is 1. The van der Waals surface area contributed by atoms with Gasteiger partial charge < -0.3 is 15.7 Å². The number of hydrogen-bond donors (Lipinski definition) is 2. The minimum absolute atomic E-state index is 0.106. The summed E-state index contributed by atoms with van der Waals surface area (Å²) >= 11 is 0. The lowest BCUT2D eigenvalue weighted by atomic mass is 10.2. The topological polar surface area (TPSA) is 90.4 Å². The van der Waals surface area contributed by atoms with Crippen molar-refractivity contribution in [3.63, 3.8) is 0 Å². The number of aliphatic carboxylic acids is 1. The molecule has 5 heteroatoms. The Bertz CT molecular complexity index is 212. The summed E-state index contributed by atoms with van der Waals surface area (Å²) in [6.45, 7) is 2.58. The molecule has 0 aromatic rings. The van der Waals surface area contributed by atoms with Gasteiger partial charge in [-0.2, -0.15) is 5.26 Å². The number of carbonyl (C=O) groups is 1. The Morgan fingerprint density at radius 2 is 2.23 bits per heavy atom. The van der Waals surface area contributed by atoms with E-state index in [4.69, 9.17) is 16.1 Å². The second kappa shape index (κ2) is 5.51. The fourth-order valence-electron chi connectivity index (χ4n) is 0.997. The van der Waals surface area contributed by atoms with Crippen LogP contribution < -0.4 is 5.73 Å². The van der Waals surface area contributed by atoms with Crippen LogP contribution in [0.2, 0.25) is 0 Å². The highest BCUT2D eigenvalue weighted by Crippen LogP contribution is 1.96. The molecule has 2 atom stereocenters. The summed E-state index contributed by atoms with van der Waals surface area (Å²) in [5, 5.41) is 17.0. The molecule has 0 fully saturated rings. The summed E-state index contributed by atoms with van der Waals surface area (Å²) in [6.07, 6.45) is 0. The Kier molecular flexibility index (Phi) is 5.04.